The Morgan fingerprint density at radius 2 is 0.531 bits per heavy atom. The number of hydrogen-bond acceptors (Lipinski definition) is 15. The number of carbonyl (C=O) groups is 4. The van der Waals surface area contributed by atoms with E-state index >= 15 is 0 Å². The molecule has 0 aliphatic carbocycles. The van der Waals surface area contributed by atoms with Crippen LogP contribution in [-0.2, 0) is 65.4 Å². The molecule has 0 aromatic carbocycles. The topological polar surface area (TPSA) is 237 Å². The summed E-state index contributed by atoms with van der Waals surface area (Å²) in [5.74, 6) is -0.486. The number of phosphoric ester groups is 2. The molecule has 0 amide bonds. The molecular weight excluding hydrogens is 1260 g/mol. The summed E-state index contributed by atoms with van der Waals surface area (Å²) in [6.45, 7) is 9.64. The second-order valence-electron chi connectivity index (χ2n) is 28.5. The second kappa shape index (κ2) is 68.8. The highest BCUT2D eigenvalue weighted by Crippen LogP contribution is 2.45. The minimum Gasteiger partial charge on any atom is -0.462 e. The van der Waals surface area contributed by atoms with Gasteiger partial charge in [-0.15, -0.1) is 0 Å². The van der Waals surface area contributed by atoms with Gasteiger partial charge in [-0.2, -0.15) is 0 Å². The molecule has 0 aliphatic rings. The maximum absolute atomic E-state index is 13.1. The molecule has 0 aliphatic heterocycles. The third-order valence-corrected chi connectivity index (χ3v) is 20.2. The van der Waals surface area contributed by atoms with Gasteiger partial charge in [0.05, 0.1) is 26.4 Å². The molecule has 17 nitrogen and oxygen atoms in total. The summed E-state index contributed by atoms with van der Waals surface area (Å²) < 4.78 is 68.5. The average molecular weight is 1410 g/mol. The highest BCUT2D eigenvalue weighted by Gasteiger charge is 2.30. The maximum Gasteiger partial charge on any atom is 0.472 e. The largest absolute Gasteiger partial charge is 0.472 e. The Morgan fingerprint density at radius 3 is 0.792 bits per heavy atom. The number of rotatable bonds is 76. The maximum atomic E-state index is 13.1. The number of aliphatic hydroxyl groups is 1. The van der Waals surface area contributed by atoms with Gasteiger partial charge in [0, 0.05) is 25.7 Å². The van der Waals surface area contributed by atoms with E-state index in [4.69, 9.17) is 37.0 Å². The zero-order chi connectivity index (χ0) is 70.7. The van der Waals surface area contributed by atoms with Gasteiger partial charge in [-0.05, 0) is 37.5 Å². The lowest BCUT2D eigenvalue weighted by molar-refractivity contribution is -0.161. The first-order chi connectivity index (χ1) is 46.4. The van der Waals surface area contributed by atoms with Gasteiger partial charge in [-0.25, -0.2) is 9.13 Å². The van der Waals surface area contributed by atoms with Gasteiger partial charge in [-0.3, -0.25) is 37.3 Å². The van der Waals surface area contributed by atoms with Crippen LogP contribution >= 0.6 is 15.6 Å². The Hall–Kier alpha value is -1.94. The van der Waals surface area contributed by atoms with Gasteiger partial charge in [0.25, 0.3) is 0 Å². The lowest BCUT2D eigenvalue weighted by Gasteiger charge is -2.21. The molecule has 3 N–H and O–H groups in total. The van der Waals surface area contributed by atoms with E-state index in [1.807, 2.05) is 0 Å². The molecule has 0 rings (SSSR count). The van der Waals surface area contributed by atoms with Crippen LogP contribution in [0.25, 0.3) is 0 Å². The molecule has 0 bridgehead atoms. The van der Waals surface area contributed by atoms with Crippen LogP contribution in [0, 0.1) is 11.8 Å². The molecule has 0 fully saturated rings. The third kappa shape index (κ3) is 69.2. The van der Waals surface area contributed by atoms with E-state index in [2.05, 4.69) is 41.5 Å². The third-order valence-electron chi connectivity index (χ3n) is 18.3. The van der Waals surface area contributed by atoms with Gasteiger partial charge >= 0.3 is 39.5 Å². The quantitative estimate of drug-likeness (QED) is 0.0222. The Labute approximate surface area is 588 Å². The van der Waals surface area contributed by atoms with Crippen molar-refractivity contribution < 1.29 is 80.2 Å². The highest BCUT2D eigenvalue weighted by atomic mass is 31.2. The van der Waals surface area contributed by atoms with Gasteiger partial charge in [-0.1, -0.05) is 350 Å². The van der Waals surface area contributed by atoms with Gasteiger partial charge in [0.1, 0.15) is 19.3 Å². The molecule has 96 heavy (non-hydrogen) atoms. The number of hydrogen-bond donors (Lipinski definition) is 3. The predicted molar refractivity (Wildman–Crippen MR) is 391 cm³/mol. The second-order valence-corrected chi connectivity index (χ2v) is 31.4. The van der Waals surface area contributed by atoms with E-state index in [1.54, 1.807) is 0 Å². The Morgan fingerprint density at radius 1 is 0.302 bits per heavy atom. The fourth-order valence-electron chi connectivity index (χ4n) is 11.8. The highest BCUT2D eigenvalue weighted by molar-refractivity contribution is 7.47. The number of phosphoric acid groups is 2. The van der Waals surface area contributed by atoms with E-state index in [-0.39, 0.29) is 25.7 Å². The molecule has 3 unspecified atom stereocenters. The number of carbonyl (C=O) groups excluding carboxylic acids is 4. The zero-order valence-corrected chi connectivity index (χ0v) is 64.5. The molecule has 0 heterocycles. The zero-order valence-electron chi connectivity index (χ0n) is 62.7. The van der Waals surface area contributed by atoms with Gasteiger partial charge < -0.3 is 33.8 Å². The van der Waals surface area contributed by atoms with Crippen molar-refractivity contribution >= 4 is 39.5 Å². The van der Waals surface area contributed by atoms with Crippen molar-refractivity contribution in [1.29, 1.82) is 0 Å². The lowest BCUT2D eigenvalue weighted by Crippen LogP contribution is -2.30. The number of unbranched alkanes of at least 4 members (excludes halogenated alkanes) is 45. The minimum absolute atomic E-state index is 0.108. The summed E-state index contributed by atoms with van der Waals surface area (Å²) in [7, 11) is -9.91. The van der Waals surface area contributed by atoms with E-state index in [9.17, 15) is 43.2 Å². The fraction of sp³-hybridized carbons (Fsp3) is 0.948. The van der Waals surface area contributed by atoms with E-state index in [0.29, 0.717) is 25.7 Å². The number of aliphatic hydroxyl groups excluding tert-OH is 1. The molecule has 6 atom stereocenters. The van der Waals surface area contributed by atoms with Crippen molar-refractivity contribution in [1.82, 2.24) is 0 Å². The van der Waals surface area contributed by atoms with Crippen molar-refractivity contribution in [3.05, 3.63) is 0 Å². The Kier molecular flexibility index (Phi) is 67.4. The number of esters is 4. The molecule has 570 valence electrons. The molecule has 0 spiro atoms. The van der Waals surface area contributed by atoms with E-state index < -0.39 is 97.5 Å². The SMILES string of the molecule is CCCCCCCCCCCCCCCC(=O)O[C@H](COC(=O)CCCCCCCCCC)COP(=O)(O)OC[C@H](O)COP(=O)(O)OC[C@@H](COC(=O)CCCCCCCCCCCCC(C)CC)OC(=O)CCCCCCCCCCCCCCCCCCCCC(C)C. The van der Waals surface area contributed by atoms with Crippen molar-refractivity contribution in [2.24, 2.45) is 11.8 Å². The average Bonchev–Trinajstić information content (AvgIpc) is 1.34. The summed E-state index contributed by atoms with van der Waals surface area (Å²) >= 11 is 0. The van der Waals surface area contributed by atoms with Crippen LogP contribution in [0.2, 0.25) is 0 Å². The molecule has 0 radical (unpaired) electrons. The summed E-state index contributed by atoms with van der Waals surface area (Å²) in [4.78, 5) is 72.7. The van der Waals surface area contributed by atoms with Gasteiger partial charge in [0.15, 0.2) is 12.2 Å². The summed E-state index contributed by atoms with van der Waals surface area (Å²) in [6.07, 6.45) is 56.9. The lowest BCUT2D eigenvalue weighted by atomic mass is 9.99. The van der Waals surface area contributed by atoms with Crippen molar-refractivity contribution in [2.45, 2.75) is 419 Å². The predicted octanol–water partition coefficient (Wildman–Crippen LogP) is 22.7. The molecular formula is C77H150O17P2. The fourth-order valence-corrected chi connectivity index (χ4v) is 13.4. The van der Waals surface area contributed by atoms with Crippen LogP contribution in [0.3, 0.4) is 0 Å². The Balaban J connectivity index is 5.19. The standard InChI is InChI=1S/C77H150O17P2/c1-7-10-12-14-16-18-19-26-30-37-43-49-55-61-76(81)93-72(65-87-74(79)59-53-47-41-17-15-13-11-8-2)67-91-95(83,84)89-63-71(78)64-90-96(85,86)92-68-73(66-88-75(80)60-54-48-42-36-33-32-35-40-46-52-58-70(6)9-3)94-77(82)62-56-50-44-38-31-28-25-23-21-20-22-24-27-29-34-39-45-51-57-69(4)5/h69-73,78H,7-68H2,1-6H3,(H,83,84)(H,85,86)/t70?,71-,72+,73+/m0/s1. The van der Waals surface area contributed by atoms with E-state index in [0.717, 1.165) is 108 Å². The van der Waals surface area contributed by atoms with Crippen LogP contribution in [0.4, 0.5) is 0 Å². The van der Waals surface area contributed by atoms with Crippen molar-refractivity contribution in [2.75, 3.05) is 39.6 Å². The minimum atomic E-state index is -4.96. The van der Waals surface area contributed by atoms with Crippen LogP contribution in [0.5, 0.6) is 0 Å². The first kappa shape index (κ1) is 94.1. The van der Waals surface area contributed by atoms with Crippen molar-refractivity contribution in [3.63, 3.8) is 0 Å². The monoisotopic (exact) mass is 1410 g/mol. The Bertz CT molecular complexity index is 1860. The summed E-state index contributed by atoms with van der Waals surface area (Å²) in [5, 5.41) is 10.6. The molecule has 0 aromatic heterocycles. The first-order valence-electron chi connectivity index (χ1n) is 40.0. The summed E-state index contributed by atoms with van der Waals surface area (Å²) in [6, 6.07) is 0. The van der Waals surface area contributed by atoms with Crippen LogP contribution in [0.1, 0.15) is 401 Å². The van der Waals surface area contributed by atoms with Gasteiger partial charge in [0.2, 0.25) is 0 Å². The van der Waals surface area contributed by atoms with Crippen molar-refractivity contribution in [3.8, 4) is 0 Å². The molecule has 0 saturated heterocycles. The smallest absolute Gasteiger partial charge is 0.462 e. The van der Waals surface area contributed by atoms with Crippen LogP contribution < -0.4 is 0 Å². The summed E-state index contributed by atoms with van der Waals surface area (Å²) in [5.41, 5.74) is 0. The molecule has 19 heteroatoms. The molecule has 0 saturated carbocycles. The van der Waals surface area contributed by atoms with E-state index in [1.165, 1.54) is 212 Å². The van der Waals surface area contributed by atoms with Crippen LogP contribution in [-0.4, -0.2) is 96.7 Å². The van der Waals surface area contributed by atoms with Crippen LogP contribution in [0.15, 0.2) is 0 Å². The normalized spacial score (nSPS) is 14.3. The first-order valence-corrected chi connectivity index (χ1v) is 43.0. The number of ether oxygens (including phenoxy) is 4. The molecule has 0 aromatic rings.